The molecule has 1 fully saturated rings. The van der Waals surface area contributed by atoms with Crippen LogP contribution in [0.3, 0.4) is 0 Å². The van der Waals surface area contributed by atoms with Gasteiger partial charge in [-0.1, -0.05) is 36.4 Å². The fourth-order valence-corrected chi connectivity index (χ4v) is 6.99. The van der Waals surface area contributed by atoms with E-state index in [-0.39, 0.29) is 11.8 Å². The third-order valence-corrected chi connectivity index (χ3v) is 9.81. The Bertz CT molecular complexity index is 2220. The van der Waals surface area contributed by atoms with Crippen molar-refractivity contribution in [3.8, 4) is 34.0 Å². The number of hydrogen-bond acceptors (Lipinski definition) is 7. The number of nitrogens with one attached hydrogen (secondary N) is 1. The van der Waals surface area contributed by atoms with Crippen molar-refractivity contribution in [1.29, 1.82) is 0 Å². The average molecular weight is 680 g/mol. The number of ether oxygens (including phenoxy) is 2. The maximum atomic E-state index is 14.2. The van der Waals surface area contributed by atoms with Crippen LogP contribution in [-0.2, 0) is 0 Å². The van der Waals surface area contributed by atoms with E-state index in [0.29, 0.717) is 50.4 Å². The van der Waals surface area contributed by atoms with E-state index < -0.39 is 0 Å². The number of methoxy groups -OCH3 is 2. The SMILES string of the molecule is COc1ccc(-c2nc3ccccc3c(C(=O)NCCN3CCN(C(=O)c4c(C)c(-c5ccc(OC)cc5)nc5ccccc45)CC3)c2C)cc1. The first-order chi connectivity index (χ1) is 24.9. The molecule has 7 rings (SSSR count). The van der Waals surface area contributed by atoms with Gasteiger partial charge < -0.3 is 19.7 Å². The van der Waals surface area contributed by atoms with Crippen LogP contribution >= 0.6 is 0 Å². The van der Waals surface area contributed by atoms with Crippen molar-refractivity contribution >= 4 is 33.6 Å². The molecule has 6 aromatic rings. The van der Waals surface area contributed by atoms with Gasteiger partial charge in [-0.15, -0.1) is 0 Å². The molecule has 258 valence electrons. The number of fused-ring (bicyclic) bond motifs is 2. The number of para-hydroxylation sites is 2. The van der Waals surface area contributed by atoms with E-state index in [9.17, 15) is 9.59 Å². The van der Waals surface area contributed by atoms with Crippen molar-refractivity contribution in [3.63, 3.8) is 0 Å². The lowest BCUT2D eigenvalue weighted by atomic mass is 9.96. The van der Waals surface area contributed by atoms with Crippen LogP contribution < -0.4 is 14.8 Å². The van der Waals surface area contributed by atoms with Gasteiger partial charge in [0.15, 0.2) is 0 Å². The van der Waals surface area contributed by atoms with Crippen LogP contribution in [0.2, 0.25) is 0 Å². The zero-order chi connectivity index (χ0) is 35.5. The van der Waals surface area contributed by atoms with Gasteiger partial charge in [-0.3, -0.25) is 14.5 Å². The molecule has 51 heavy (non-hydrogen) atoms. The first-order valence-corrected chi connectivity index (χ1v) is 17.2. The van der Waals surface area contributed by atoms with Gasteiger partial charge in [0.25, 0.3) is 11.8 Å². The molecule has 0 spiro atoms. The molecule has 9 heteroatoms. The second kappa shape index (κ2) is 14.6. The number of rotatable bonds is 9. The molecule has 1 N–H and O–H groups in total. The molecule has 0 saturated carbocycles. The standard InChI is InChI=1S/C42H41N5O4/c1-27-37(33-9-5-7-11-35(33)44-39(27)29-13-17-31(50-3)18-14-29)41(48)43-21-22-46-23-25-47(26-24-46)42(49)38-28(2)40(30-15-19-32(51-4)20-16-30)45-36-12-8-6-10-34(36)38/h5-20H,21-26H2,1-4H3,(H,43,48). The first-order valence-electron chi connectivity index (χ1n) is 17.2. The van der Waals surface area contributed by atoms with Gasteiger partial charge in [-0.2, -0.15) is 0 Å². The fourth-order valence-electron chi connectivity index (χ4n) is 6.99. The summed E-state index contributed by atoms with van der Waals surface area (Å²) in [7, 11) is 3.28. The smallest absolute Gasteiger partial charge is 0.254 e. The lowest BCUT2D eigenvalue weighted by Gasteiger charge is -2.35. The van der Waals surface area contributed by atoms with E-state index >= 15 is 0 Å². The Balaban J connectivity index is 1.03. The molecule has 0 unspecified atom stereocenters. The normalized spacial score (nSPS) is 13.4. The van der Waals surface area contributed by atoms with Gasteiger partial charge >= 0.3 is 0 Å². The predicted molar refractivity (Wildman–Crippen MR) is 202 cm³/mol. The zero-order valence-electron chi connectivity index (χ0n) is 29.4. The van der Waals surface area contributed by atoms with Gasteiger partial charge in [-0.25, -0.2) is 9.97 Å². The van der Waals surface area contributed by atoms with Crippen molar-refractivity contribution < 1.29 is 19.1 Å². The van der Waals surface area contributed by atoms with Crippen LogP contribution in [0.1, 0.15) is 31.8 Å². The summed E-state index contributed by atoms with van der Waals surface area (Å²) in [4.78, 5) is 42.1. The molecule has 4 aromatic carbocycles. The van der Waals surface area contributed by atoms with E-state index in [4.69, 9.17) is 19.4 Å². The number of carbonyl (C=O) groups is 2. The molecule has 1 aliphatic heterocycles. The molecule has 0 radical (unpaired) electrons. The molecular weight excluding hydrogens is 638 g/mol. The number of hydrogen-bond donors (Lipinski definition) is 1. The molecule has 2 amide bonds. The highest BCUT2D eigenvalue weighted by Crippen LogP contribution is 2.33. The van der Waals surface area contributed by atoms with Crippen LogP contribution in [0.15, 0.2) is 97.1 Å². The van der Waals surface area contributed by atoms with E-state index in [1.165, 1.54) is 0 Å². The number of amides is 2. The topological polar surface area (TPSA) is 96.9 Å². The van der Waals surface area contributed by atoms with Crippen molar-refractivity contribution in [2.45, 2.75) is 13.8 Å². The lowest BCUT2D eigenvalue weighted by molar-refractivity contribution is 0.0639. The van der Waals surface area contributed by atoms with Crippen LogP contribution in [-0.4, -0.2) is 85.1 Å². The second-order valence-electron chi connectivity index (χ2n) is 12.8. The minimum absolute atomic E-state index is 0.0153. The molecule has 3 heterocycles. The molecule has 1 aliphatic rings. The first kappa shape index (κ1) is 33.7. The Morgan fingerprint density at radius 2 is 1.12 bits per heavy atom. The number of nitrogens with zero attached hydrogens (tertiary/aromatic N) is 4. The van der Waals surface area contributed by atoms with Gasteiger partial charge in [0.1, 0.15) is 11.5 Å². The minimum atomic E-state index is -0.123. The molecule has 1 saturated heterocycles. The Morgan fingerprint density at radius 3 is 1.63 bits per heavy atom. The highest BCUT2D eigenvalue weighted by Gasteiger charge is 2.27. The average Bonchev–Trinajstić information content (AvgIpc) is 3.17. The summed E-state index contributed by atoms with van der Waals surface area (Å²) in [6, 6.07) is 31.1. The van der Waals surface area contributed by atoms with Crippen LogP contribution in [0, 0.1) is 13.8 Å². The predicted octanol–water partition coefficient (Wildman–Crippen LogP) is 6.94. The van der Waals surface area contributed by atoms with Crippen molar-refractivity contribution in [2.75, 3.05) is 53.5 Å². The van der Waals surface area contributed by atoms with Crippen molar-refractivity contribution in [3.05, 3.63) is 119 Å². The summed E-state index contributed by atoms with van der Waals surface area (Å²) < 4.78 is 10.7. The Kier molecular flexibility index (Phi) is 9.63. The quantitative estimate of drug-likeness (QED) is 0.177. The highest BCUT2D eigenvalue weighted by molar-refractivity contribution is 6.10. The van der Waals surface area contributed by atoms with Crippen LogP contribution in [0.4, 0.5) is 0 Å². The number of piperazine rings is 1. The van der Waals surface area contributed by atoms with Gasteiger partial charge in [0.05, 0.1) is 47.8 Å². The molecule has 0 bridgehead atoms. The Hall–Kier alpha value is -5.80. The van der Waals surface area contributed by atoms with Crippen LogP contribution in [0.25, 0.3) is 44.3 Å². The van der Waals surface area contributed by atoms with Gasteiger partial charge in [0, 0.05) is 61.2 Å². The third-order valence-electron chi connectivity index (χ3n) is 9.81. The van der Waals surface area contributed by atoms with Gasteiger partial charge in [0.2, 0.25) is 0 Å². The Morgan fingerprint density at radius 1 is 0.647 bits per heavy atom. The molecule has 0 aliphatic carbocycles. The molecule has 0 atom stereocenters. The summed E-state index contributed by atoms with van der Waals surface area (Å²) in [5, 5.41) is 4.85. The van der Waals surface area contributed by atoms with Crippen molar-refractivity contribution in [2.24, 2.45) is 0 Å². The monoisotopic (exact) mass is 679 g/mol. The molecule has 9 nitrogen and oxygen atoms in total. The van der Waals surface area contributed by atoms with E-state index in [1.807, 2.05) is 116 Å². The number of carbonyl (C=O) groups excluding carboxylic acids is 2. The van der Waals surface area contributed by atoms with Gasteiger partial charge in [-0.05, 0) is 85.6 Å². The summed E-state index contributed by atoms with van der Waals surface area (Å²) >= 11 is 0. The van der Waals surface area contributed by atoms with Crippen LogP contribution in [0.5, 0.6) is 11.5 Å². The molecule has 2 aromatic heterocycles. The maximum absolute atomic E-state index is 14.2. The summed E-state index contributed by atoms with van der Waals surface area (Å²) in [5.41, 5.74) is 8.02. The summed E-state index contributed by atoms with van der Waals surface area (Å²) in [5.74, 6) is 1.43. The van der Waals surface area contributed by atoms with E-state index in [1.54, 1.807) is 14.2 Å². The Labute approximate surface area is 297 Å². The van der Waals surface area contributed by atoms with E-state index in [0.717, 1.165) is 66.9 Å². The number of aromatic nitrogens is 2. The second-order valence-corrected chi connectivity index (χ2v) is 12.8. The number of pyridine rings is 2. The lowest BCUT2D eigenvalue weighted by Crippen LogP contribution is -2.50. The zero-order valence-corrected chi connectivity index (χ0v) is 29.4. The highest BCUT2D eigenvalue weighted by atomic mass is 16.5. The third kappa shape index (κ3) is 6.72. The van der Waals surface area contributed by atoms with Crippen molar-refractivity contribution in [1.82, 2.24) is 25.1 Å². The minimum Gasteiger partial charge on any atom is -0.497 e. The van der Waals surface area contributed by atoms with E-state index in [2.05, 4.69) is 10.2 Å². The largest absolute Gasteiger partial charge is 0.497 e. The molecular formula is C42H41N5O4. The summed E-state index contributed by atoms with van der Waals surface area (Å²) in [6.07, 6.45) is 0. The summed E-state index contributed by atoms with van der Waals surface area (Å²) in [6.45, 7) is 7.73. The fraction of sp³-hybridized carbons (Fsp3) is 0.238. The number of benzene rings is 4. The maximum Gasteiger partial charge on any atom is 0.254 e.